The van der Waals surface area contributed by atoms with E-state index in [1.807, 2.05) is 0 Å². The lowest BCUT2D eigenvalue weighted by atomic mass is 9.65. The fraction of sp³-hybridized carbons (Fsp3) is 0.917. The van der Waals surface area contributed by atoms with E-state index in [0.29, 0.717) is 36.0 Å². The number of carboxylic acid groups (broad SMARTS) is 2. The maximum absolute atomic E-state index is 10.7. The number of carbonyl (C=O) groups is 2. The molecular formula is C24H44O4. The van der Waals surface area contributed by atoms with Gasteiger partial charge in [0.25, 0.3) is 0 Å². The average Bonchev–Trinajstić information content (AvgIpc) is 2.53. The van der Waals surface area contributed by atoms with E-state index in [9.17, 15) is 9.59 Å². The molecule has 0 bridgehead atoms. The van der Waals surface area contributed by atoms with E-state index in [2.05, 4.69) is 41.5 Å². The standard InChI is InChI=1S/2C12H22O2/c1-12(2,3)10-6-4-9(5-7-10)8-11(13)14;1-12(2,3)10-7-5-4-6-9(10)8-11(13)14/h2*9-10H,4-8H2,1-3H3,(H,13,14). The summed E-state index contributed by atoms with van der Waals surface area (Å²) < 4.78 is 0. The van der Waals surface area contributed by atoms with Crippen molar-refractivity contribution in [3.8, 4) is 0 Å². The van der Waals surface area contributed by atoms with Gasteiger partial charge in [-0.15, -0.1) is 0 Å². The third-order valence-electron chi connectivity index (χ3n) is 6.99. The van der Waals surface area contributed by atoms with Crippen molar-refractivity contribution in [3.05, 3.63) is 0 Å². The molecule has 2 unspecified atom stereocenters. The number of rotatable bonds is 4. The van der Waals surface area contributed by atoms with Crippen LogP contribution in [0.1, 0.15) is 106 Å². The van der Waals surface area contributed by atoms with Gasteiger partial charge in [0.05, 0.1) is 0 Å². The molecule has 164 valence electrons. The highest BCUT2D eigenvalue weighted by Gasteiger charge is 2.35. The van der Waals surface area contributed by atoms with Crippen molar-refractivity contribution < 1.29 is 19.8 Å². The first-order valence-corrected chi connectivity index (χ1v) is 11.2. The summed E-state index contributed by atoms with van der Waals surface area (Å²) in [6.07, 6.45) is 10.2. The largest absolute Gasteiger partial charge is 0.481 e. The molecule has 0 aromatic carbocycles. The van der Waals surface area contributed by atoms with Crippen LogP contribution in [0.5, 0.6) is 0 Å². The molecule has 0 saturated heterocycles. The van der Waals surface area contributed by atoms with Crippen molar-refractivity contribution in [2.45, 2.75) is 106 Å². The second-order valence-electron chi connectivity index (χ2n) is 11.3. The maximum atomic E-state index is 10.7. The summed E-state index contributed by atoms with van der Waals surface area (Å²) in [5.41, 5.74) is 0.661. The summed E-state index contributed by atoms with van der Waals surface area (Å²) in [6.45, 7) is 13.6. The maximum Gasteiger partial charge on any atom is 0.303 e. The molecule has 2 aliphatic carbocycles. The van der Waals surface area contributed by atoms with Gasteiger partial charge in [0.15, 0.2) is 0 Å². The molecule has 2 fully saturated rings. The lowest BCUT2D eigenvalue weighted by Crippen LogP contribution is -2.32. The minimum absolute atomic E-state index is 0.264. The Kier molecular flexibility index (Phi) is 9.49. The van der Waals surface area contributed by atoms with Crippen LogP contribution in [-0.4, -0.2) is 22.2 Å². The Morgan fingerprint density at radius 3 is 1.64 bits per heavy atom. The van der Waals surface area contributed by atoms with Gasteiger partial charge in [0.1, 0.15) is 0 Å². The van der Waals surface area contributed by atoms with E-state index in [4.69, 9.17) is 10.2 Å². The topological polar surface area (TPSA) is 74.6 Å². The molecule has 0 amide bonds. The minimum Gasteiger partial charge on any atom is -0.481 e. The second kappa shape index (κ2) is 10.6. The molecule has 0 aliphatic heterocycles. The van der Waals surface area contributed by atoms with Gasteiger partial charge in [-0.25, -0.2) is 0 Å². The van der Waals surface area contributed by atoms with Crippen LogP contribution in [-0.2, 0) is 9.59 Å². The van der Waals surface area contributed by atoms with Crippen LogP contribution in [0.4, 0.5) is 0 Å². The lowest BCUT2D eigenvalue weighted by Gasteiger charge is -2.40. The van der Waals surface area contributed by atoms with Gasteiger partial charge >= 0.3 is 11.9 Å². The molecule has 28 heavy (non-hydrogen) atoms. The van der Waals surface area contributed by atoms with Crippen LogP contribution in [0.3, 0.4) is 0 Å². The molecule has 2 atom stereocenters. The highest BCUT2D eigenvalue weighted by atomic mass is 16.4. The Balaban J connectivity index is 0.000000280. The summed E-state index contributed by atoms with van der Waals surface area (Å²) in [4.78, 5) is 21.3. The van der Waals surface area contributed by atoms with Gasteiger partial charge in [-0.3, -0.25) is 9.59 Å². The highest BCUT2D eigenvalue weighted by Crippen LogP contribution is 2.43. The van der Waals surface area contributed by atoms with Gasteiger partial charge < -0.3 is 10.2 Å². The first kappa shape index (κ1) is 25.0. The Hall–Kier alpha value is -1.06. The van der Waals surface area contributed by atoms with Crippen LogP contribution in [0.2, 0.25) is 0 Å². The molecular weight excluding hydrogens is 352 g/mol. The molecule has 0 radical (unpaired) electrons. The molecule has 0 aromatic heterocycles. The third-order valence-corrected chi connectivity index (χ3v) is 6.99. The van der Waals surface area contributed by atoms with Gasteiger partial charge in [0, 0.05) is 12.8 Å². The first-order valence-electron chi connectivity index (χ1n) is 11.2. The van der Waals surface area contributed by atoms with E-state index in [1.165, 1.54) is 32.1 Å². The smallest absolute Gasteiger partial charge is 0.303 e. The molecule has 0 spiro atoms. The zero-order valence-electron chi connectivity index (χ0n) is 19.1. The summed E-state index contributed by atoms with van der Waals surface area (Å²) in [6, 6.07) is 0. The predicted molar refractivity (Wildman–Crippen MR) is 114 cm³/mol. The Morgan fingerprint density at radius 1 is 0.714 bits per heavy atom. The molecule has 4 nitrogen and oxygen atoms in total. The molecule has 0 aromatic rings. The van der Waals surface area contributed by atoms with Gasteiger partial charge in [-0.1, -0.05) is 54.4 Å². The molecule has 4 heteroatoms. The number of hydrogen-bond acceptors (Lipinski definition) is 2. The quantitative estimate of drug-likeness (QED) is 0.559. The van der Waals surface area contributed by atoms with Crippen molar-refractivity contribution in [2.24, 2.45) is 34.5 Å². The van der Waals surface area contributed by atoms with Crippen molar-refractivity contribution in [1.82, 2.24) is 0 Å². The number of aliphatic carboxylic acids is 2. The van der Waals surface area contributed by atoms with Crippen molar-refractivity contribution in [3.63, 3.8) is 0 Å². The monoisotopic (exact) mass is 396 g/mol. The summed E-state index contributed by atoms with van der Waals surface area (Å²) in [5, 5.41) is 17.5. The molecule has 2 rings (SSSR count). The second-order valence-corrected chi connectivity index (χ2v) is 11.3. The van der Waals surface area contributed by atoms with Gasteiger partial charge in [0.2, 0.25) is 0 Å². The molecule has 2 N–H and O–H groups in total. The van der Waals surface area contributed by atoms with E-state index >= 15 is 0 Å². The van der Waals surface area contributed by atoms with E-state index in [1.54, 1.807) is 0 Å². The zero-order chi connectivity index (χ0) is 21.5. The third kappa shape index (κ3) is 8.96. The number of hydrogen-bond donors (Lipinski definition) is 2. The molecule has 0 heterocycles. The first-order chi connectivity index (χ1) is 12.8. The fourth-order valence-electron chi connectivity index (χ4n) is 5.30. The average molecular weight is 397 g/mol. The van der Waals surface area contributed by atoms with Gasteiger partial charge in [-0.2, -0.15) is 0 Å². The van der Waals surface area contributed by atoms with Crippen molar-refractivity contribution in [2.75, 3.05) is 0 Å². The van der Waals surface area contributed by atoms with Gasteiger partial charge in [-0.05, 0) is 73.0 Å². The van der Waals surface area contributed by atoms with E-state index in [-0.39, 0.29) is 5.41 Å². The van der Waals surface area contributed by atoms with Crippen LogP contribution < -0.4 is 0 Å². The van der Waals surface area contributed by atoms with Crippen molar-refractivity contribution in [1.29, 1.82) is 0 Å². The van der Waals surface area contributed by atoms with Crippen LogP contribution in [0, 0.1) is 34.5 Å². The van der Waals surface area contributed by atoms with E-state index < -0.39 is 11.9 Å². The predicted octanol–water partition coefficient (Wildman–Crippen LogP) is 6.63. The Bertz CT molecular complexity index is 490. The number of carboxylic acids is 2. The summed E-state index contributed by atoms with van der Waals surface area (Å²) >= 11 is 0. The summed E-state index contributed by atoms with van der Waals surface area (Å²) in [7, 11) is 0. The van der Waals surface area contributed by atoms with Crippen LogP contribution in [0.25, 0.3) is 0 Å². The van der Waals surface area contributed by atoms with E-state index in [0.717, 1.165) is 25.2 Å². The molecule has 2 aliphatic rings. The zero-order valence-corrected chi connectivity index (χ0v) is 19.1. The van der Waals surface area contributed by atoms with Crippen LogP contribution >= 0.6 is 0 Å². The Morgan fingerprint density at radius 2 is 1.21 bits per heavy atom. The lowest BCUT2D eigenvalue weighted by molar-refractivity contribution is -0.140. The Labute approximate surface area is 172 Å². The normalized spacial score (nSPS) is 28.8. The summed E-state index contributed by atoms with van der Waals surface area (Å²) in [5.74, 6) is 0.947. The highest BCUT2D eigenvalue weighted by molar-refractivity contribution is 5.67. The van der Waals surface area contributed by atoms with Crippen LogP contribution in [0.15, 0.2) is 0 Å². The molecule has 2 saturated carbocycles. The minimum atomic E-state index is -0.635. The fourth-order valence-corrected chi connectivity index (χ4v) is 5.30. The van der Waals surface area contributed by atoms with Crippen molar-refractivity contribution >= 4 is 11.9 Å². The SMILES string of the molecule is CC(C)(C)C1CCC(CC(=O)O)CC1.CC(C)(C)C1CCCCC1CC(=O)O.